The molecule has 1 heterocycles. The first-order valence-corrected chi connectivity index (χ1v) is 8.08. The Labute approximate surface area is 149 Å². The van der Waals surface area contributed by atoms with E-state index in [0.29, 0.717) is 34.4 Å². The molecule has 0 spiro atoms. The minimum atomic E-state index is -0.205. The lowest BCUT2D eigenvalue weighted by molar-refractivity contribution is 0.102. The highest BCUT2D eigenvalue weighted by molar-refractivity contribution is 6.30. The van der Waals surface area contributed by atoms with E-state index in [1.165, 1.54) is 0 Å². The normalized spacial score (nSPS) is 10.5. The smallest absolute Gasteiger partial charge is 0.255 e. The molecule has 128 valence electrons. The third-order valence-corrected chi connectivity index (χ3v) is 3.74. The number of nitrogens with one attached hydrogen (secondary N) is 1. The Kier molecular flexibility index (Phi) is 5.25. The SMILES string of the molecule is CCn1nnnc1COc1ccc(C(=O)Nc2ccc(Cl)cc2)cc1. The first kappa shape index (κ1) is 16.9. The van der Waals surface area contributed by atoms with Crippen molar-refractivity contribution < 1.29 is 9.53 Å². The number of halogens is 1. The molecule has 0 fully saturated rings. The fourth-order valence-electron chi connectivity index (χ4n) is 2.16. The molecule has 0 saturated heterocycles. The molecule has 2 aromatic carbocycles. The number of aryl methyl sites for hydroxylation is 1. The predicted octanol–water partition coefficient (Wildman–Crippen LogP) is 3.18. The molecule has 1 N–H and O–H groups in total. The topological polar surface area (TPSA) is 81.9 Å². The summed E-state index contributed by atoms with van der Waals surface area (Å²) >= 11 is 5.83. The van der Waals surface area contributed by atoms with Gasteiger partial charge >= 0.3 is 0 Å². The molecule has 3 aromatic rings. The van der Waals surface area contributed by atoms with Crippen molar-refractivity contribution in [3.63, 3.8) is 0 Å². The summed E-state index contributed by atoms with van der Waals surface area (Å²) in [6.07, 6.45) is 0. The number of amides is 1. The van der Waals surface area contributed by atoms with Crippen molar-refractivity contribution in [1.82, 2.24) is 20.2 Å². The van der Waals surface area contributed by atoms with Crippen molar-refractivity contribution in [2.24, 2.45) is 0 Å². The van der Waals surface area contributed by atoms with Crippen LogP contribution in [0.5, 0.6) is 5.75 Å². The number of carbonyl (C=O) groups excluding carboxylic acids is 1. The summed E-state index contributed by atoms with van der Waals surface area (Å²) in [6, 6.07) is 13.8. The fraction of sp³-hybridized carbons (Fsp3) is 0.176. The van der Waals surface area contributed by atoms with Gasteiger partial charge in [-0.05, 0) is 65.9 Å². The van der Waals surface area contributed by atoms with Crippen LogP contribution in [0, 0.1) is 0 Å². The van der Waals surface area contributed by atoms with Gasteiger partial charge in [-0.15, -0.1) is 5.10 Å². The van der Waals surface area contributed by atoms with Gasteiger partial charge in [0.05, 0.1) is 0 Å². The molecule has 0 radical (unpaired) electrons. The van der Waals surface area contributed by atoms with Crippen LogP contribution >= 0.6 is 11.6 Å². The van der Waals surface area contributed by atoms with Gasteiger partial charge in [-0.1, -0.05) is 11.6 Å². The van der Waals surface area contributed by atoms with Crippen molar-refractivity contribution >= 4 is 23.2 Å². The molecule has 0 bridgehead atoms. The molecule has 0 aliphatic carbocycles. The van der Waals surface area contributed by atoms with Gasteiger partial charge < -0.3 is 10.1 Å². The van der Waals surface area contributed by atoms with Crippen molar-refractivity contribution in [3.8, 4) is 5.75 Å². The molecule has 0 unspecified atom stereocenters. The highest BCUT2D eigenvalue weighted by Gasteiger charge is 2.08. The first-order valence-electron chi connectivity index (χ1n) is 7.70. The van der Waals surface area contributed by atoms with E-state index >= 15 is 0 Å². The molecule has 0 atom stereocenters. The van der Waals surface area contributed by atoms with E-state index in [1.54, 1.807) is 53.2 Å². The van der Waals surface area contributed by atoms with Crippen molar-refractivity contribution in [3.05, 3.63) is 64.9 Å². The number of nitrogens with zero attached hydrogens (tertiary/aromatic N) is 4. The van der Waals surface area contributed by atoms with Gasteiger partial charge in [0, 0.05) is 22.8 Å². The monoisotopic (exact) mass is 357 g/mol. The highest BCUT2D eigenvalue weighted by Crippen LogP contribution is 2.17. The van der Waals surface area contributed by atoms with Gasteiger partial charge in [-0.2, -0.15) is 0 Å². The van der Waals surface area contributed by atoms with Gasteiger partial charge in [0.1, 0.15) is 12.4 Å². The molecule has 0 saturated carbocycles. The number of rotatable bonds is 6. The minimum absolute atomic E-state index is 0.205. The van der Waals surface area contributed by atoms with Gasteiger partial charge in [-0.3, -0.25) is 4.79 Å². The summed E-state index contributed by atoms with van der Waals surface area (Å²) in [6.45, 7) is 2.89. The predicted molar refractivity (Wildman–Crippen MR) is 93.7 cm³/mol. The molecule has 25 heavy (non-hydrogen) atoms. The van der Waals surface area contributed by atoms with Crippen LogP contribution in [0.25, 0.3) is 0 Å². The lowest BCUT2D eigenvalue weighted by atomic mass is 10.2. The minimum Gasteiger partial charge on any atom is -0.486 e. The highest BCUT2D eigenvalue weighted by atomic mass is 35.5. The van der Waals surface area contributed by atoms with Crippen LogP contribution < -0.4 is 10.1 Å². The molecular weight excluding hydrogens is 342 g/mol. The summed E-state index contributed by atoms with van der Waals surface area (Å²) in [7, 11) is 0. The first-order chi connectivity index (χ1) is 12.2. The number of aromatic nitrogens is 4. The van der Waals surface area contributed by atoms with Gasteiger partial charge in [-0.25, -0.2) is 4.68 Å². The van der Waals surface area contributed by atoms with Crippen molar-refractivity contribution in [2.75, 3.05) is 5.32 Å². The third kappa shape index (κ3) is 4.33. The van der Waals surface area contributed by atoms with E-state index in [-0.39, 0.29) is 12.5 Å². The second kappa shape index (κ2) is 7.76. The van der Waals surface area contributed by atoms with Crippen LogP contribution in [-0.4, -0.2) is 26.1 Å². The number of hydrogen-bond donors (Lipinski definition) is 1. The number of ether oxygens (including phenoxy) is 1. The molecular formula is C17H16ClN5O2. The van der Waals surface area contributed by atoms with Gasteiger partial charge in [0.15, 0.2) is 5.82 Å². The number of tetrazole rings is 1. The number of hydrogen-bond acceptors (Lipinski definition) is 5. The maximum atomic E-state index is 12.2. The quantitative estimate of drug-likeness (QED) is 0.732. The Bertz CT molecular complexity index is 846. The van der Waals surface area contributed by atoms with E-state index in [0.717, 1.165) is 0 Å². The van der Waals surface area contributed by atoms with Gasteiger partial charge in [0.2, 0.25) is 0 Å². The van der Waals surface area contributed by atoms with E-state index in [9.17, 15) is 4.79 Å². The molecule has 0 aliphatic heterocycles. The van der Waals surface area contributed by atoms with Crippen LogP contribution in [0.15, 0.2) is 48.5 Å². The van der Waals surface area contributed by atoms with Crippen LogP contribution in [0.3, 0.4) is 0 Å². The Balaban J connectivity index is 1.59. The van der Waals surface area contributed by atoms with Crippen LogP contribution in [0.1, 0.15) is 23.1 Å². The largest absolute Gasteiger partial charge is 0.486 e. The van der Waals surface area contributed by atoms with Crippen LogP contribution in [0.2, 0.25) is 5.02 Å². The summed E-state index contributed by atoms with van der Waals surface area (Å²) in [5, 5.41) is 14.8. The number of carbonyl (C=O) groups is 1. The zero-order valence-electron chi connectivity index (χ0n) is 13.5. The molecule has 3 rings (SSSR count). The second-order valence-electron chi connectivity index (χ2n) is 5.18. The standard InChI is InChI=1S/C17H16ClN5O2/c1-2-23-16(20-21-22-23)11-25-15-9-3-12(4-10-15)17(24)19-14-7-5-13(18)6-8-14/h3-10H,2,11H2,1H3,(H,19,24). The lowest BCUT2D eigenvalue weighted by Gasteiger charge is -2.08. The van der Waals surface area contributed by atoms with E-state index < -0.39 is 0 Å². The summed E-state index contributed by atoms with van der Waals surface area (Å²) in [4.78, 5) is 12.2. The van der Waals surface area contributed by atoms with Crippen molar-refractivity contribution in [1.29, 1.82) is 0 Å². The average Bonchev–Trinajstić information content (AvgIpc) is 3.10. The number of anilines is 1. The average molecular weight is 358 g/mol. The van der Waals surface area contributed by atoms with E-state index in [1.807, 2.05) is 6.92 Å². The maximum absolute atomic E-state index is 12.2. The zero-order chi connectivity index (χ0) is 17.6. The Morgan fingerprint density at radius 1 is 1.16 bits per heavy atom. The molecule has 1 amide bonds. The number of benzene rings is 2. The Hall–Kier alpha value is -2.93. The lowest BCUT2D eigenvalue weighted by Crippen LogP contribution is -2.11. The molecule has 7 nitrogen and oxygen atoms in total. The van der Waals surface area contributed by atoms with Crippen LogP contribution in [0.4, 0.5) is 5.69 Å². The maximum Gasteiger partial charge on any atom is 0.255 e. The fourth-order valence-corrected chi connectivity index (χ4v) is 2.29. The summed E-state index contributed by atoms with van der Waals surface area (Å²) < 4.78 is 7.31. The Morgan fingerprint density at radius 2 is 1.88 bits per heavy atom. The van der Waals surface area contributed by atoms with E-state index in [2.05, 4.69) is 20.8 Å². The van der Waals surface area contributed by atoms with Gasteiger partial charge in [0.25, 0.3) is 5.91 Å². The second-order valence-corrected chi connectivity index (χ2v) is 5.62. The Morgan fingerprint density at radius 3 is 2.56 bits per heavy atom. The summed E-state index contributed by atoms with van der Waals surface area (Å²) in [5.74, 6) is 1.07. The van der Waals surface area contributed by atoms with Crippen molar-refractivity contribution in [2.45, 2.75) is 20.1 Å². The summed E-state index contributed by atoms with van der Waals surface area (Å²) in [5.41, 5.74) is 1.21. The molecule has 0 aliphatic rings. The van der Waals surface area contributed by atoms with E-state index in [4.69, 9.17) is 16.3 Å². The zero-order valence-corrected chi connectivity index (χ0v) is 14.3. The molecule has 8 heteroatoms. The van der Waals surface area contributed by atoms with Crippen LogP contribution in [-0.2, 0) is 13.2 Å². The third-order valence-electron chi connectivity index (χ3n) is 3.49. The molecule has 1 aromatic heterocycles.